The second-order valence-corrected chi connectivity index (χ2v) is 13.1. The SMILES string of the molecule is C=CCCC(=O)NC[C@@H](C)OC(=O)[C@@H]1[C@H]2O[C@@]3(CC2Br)[C@H](C(=O)N(CC=C)Cn2nnc4ccccc42)N([C@H](C)CO)C(=O)[C@@H]13. The van der Waals surface area contributed by atoms with Gasteiger partial charge in [-0.15, -0.1) is 18.3 Å². The van der Waals surface area contributed by atoms with Gasteiger partial charge in [-0.2, -0.15) is 0 Å². The van der Waals surface area contributed by atoms with E-state index in [-0.39, 0.29) is 36.9 Å². The first-order chi connectivity index (χ1) is 21.6. The Balaban J connectivity index is 1.42. The summed E-state index contributed by atoms with van der Waals surface area (Å²) in [5.74, 6) is -3.69. The van der Waals surface area contributed by atoms with E-state index in [9.17, 15) is 24.3 Å². The first-order valence-corrected chi connectivity index (χ1v) is 16.0. The minimum Gasteiger partial charge on any atom is -0.460 e. The van der Waals surface area contributed by atoms with E-state index in [0.717, 1.165) is 5.52 Å². The quantitative estimate of drug-likeness (QED) is 0.171. The zero-order valence-electron chi connectivity index (χ0n) is 25.4. The zero-order chi connectivity index (χ0) is 32.5. The molecule has 242 valence electrons. The summed E-state index contributed by atoms with van der Waals surface area (Å²) >= 11 is 3.65. The molecule has 1 aromatic carbocycles. The number of benzene rings is 1. The first-order valence-electron chi connectivity index (χ1n) is 15.1. The van der Waals surface area contributed by atoms with E-state index in [0.29, 0.717) is 18.4 Å². The van der Waals surface area contributed by atoms with Gasteiger partial charge < -0.3 is 29.7 Å². The van der Waals surface area contributed by atoms with E-state index in [1.165, 1.54) is 9.80 Å². The molecule has 14 heteroatoms. The highest BCUT2D eigenvalue weighted by Crippen LogP contribution is 2.60. The molecule has 2 bridgehead atoms. The average Bonchev–Trinajstić information content (AvgIpc) is 3.75. The largest absolute Gasteiger partial charge is 0.460 e. The van der Waals surface area contributed by atoms with Crippen LogP contribution in [0.5, 0.6) is 0 Å². The molecule has 0 saturated carbocycles. The number of hydrogen-bond acceptors (Lipinski definition) is 9. The number of aromatic nitrogens is 3. The van der Waals surface area contributed by atoms with Crippen molar-refractivity contribution in [3.8, 4) is 0 Å². The molecule has 3 aliphatic heterocycles. The average molecular weight is 688 g/mol. The van der Waals surface area contributed by atoms with Crippen molar-refractivity contribution in [2.75, 3.05) is 19.7 Å². The van der Waals surface area contributed by atoms with Gasteiger partial charge >= 0.3 is 5.97 Å². The second-order valence-electron chi connectivity index (χ2n) is 11.9. The molecule has 0 aliphatic carbocycles. The molecule has 8 atom stereocenters. The second kappa shape index (κ2) is 13.4. The number of rotatable bonds is 14. The van der Waals surface area contributed by atoms with Gasteiger partial charge in [0, 0.05) is 17.8 Å². The highest BCUT2D eigenvalue weighted by molar-refractivity contribution is 9.09. The van der Waals surface area contributed by atoms with Crippen LogP contribution in [0.4, 0.5) is 0 Å². The third kappa shape index (κ3) is 5.90. The summed E-state index contributed by atoms with van der Waals surface area (Å²) in [4.78, 5) is 57.1. The maximum Gasteiger partial charge on any atom is 0.312 e. The monoisotopic (exact) mass is 686 g/mol. The predicted molar refractivity (Wildman–Crippen MR) is 167 cm³/mol. The third-order valence-electron chi connectivity index (χ3n) is 8.84. The standard InChI is InChI=1S/C31H39BrN6O7/c1-5-7-12-23(40)33-15-19(4)44-30(43)24-25-28(41)38(18(3)16-39)27(31(25)14-20(32)26(24)45-31)29(42)36(13-6-2)17-37-22-11-9-8-10-21(22)34-35-37/h5-6,8-11,18-20,24-27,39H,1-2,7,12-17H2,3-4H3,(H,33,40)/t18-,19-,20?,24+,25-,26+,27+,31-/m1/s1. The molecule has 0 radical (unpaired) electrons. The van der Waals surface area contributed by atoms with Crippen LogP contribution >= 0.6 is 15.9 Å². The Labute approximate surface area is 269 Å². The third-order valence-corrected chi connectivity index (χ3v) is 9.68. The summed E-state index contributed by atoms with van der Waals surface area (Å²) in [6, 6.07) is 5.50. The molecular weight excluding hydrogens is 648 g/mol. The molecule has 3 saturated heterocycles. The molecule has 3 aliphatic rings. The molecule has 45 heavy (non-hydrogen) atoms. The van der Waals surface area contributed by atoms with Crippen molar-refractivity contribution in [3.63, 3.8) is 0 Å². The van der Waals surface area contributed by atoms with Gasteiger partial charge in [-0.1, -0.05) is 45.4 Å². The van der Waals surface area contributed by atoms with Gasteiger partial charge in [0.2, 0.25) is 17.7 Å². The number of alkyl halides is 1. The van der Waals surface area contributed by atoms with Crippen molar-refractivity contribution in [1.29, 1.82) is 0 Å². The molecule has 1 aromatic heterocycles. The van der Waals surface area contributed by atoms with Crippen molar-refractivity contribution in [2.24, 2.45) is 11.8 Å². The first kappa shape index (κ1) is 32.8. The lowest BCUT2D eigenvalue weighted by Crippen LogP contribution is -2.58. The van der Waals surface area contributed by atoms with Crippen LogP contribution in [0, 0.1) is 11.8 Å². The maximum absolute atomic E-state index is 14.6. The number of ether oxygens (including phenoxy) is 2. The fourth-order valence-corrected chi connectivity index (χ4v) is 7.75. The van der Waals surface area contributed by atoms with Gasteiger partial charge in [0.1, 0.15) is 29.9 Å². The van der Waals surface area contributed by atoms with Crippen molar-refractivity contribution >= 4 is 50.7 Å². The number of carbonyl (C=O) groups excluding carboxylic acids is 4. The van der Waals surface area contributed by atoms with Gasteiger partial charge in [-0.3, -0.25) is 19.2 Å². The van der Waals surface area contributed by atoms with Crippen molar-refractivity contribution < 1.29 is 33.8 Å². The molecule has 3 amide bonds. The van der Waals surface area contributed by atoms with Crippen molar-refractivity contribution in [3.05, 3.63) is 49.6 Å². The van der Waals surface area contributed by atoms with Crippen LogP contribution in [0.15, 0.2) is 49.6 Å². The number of allylic oxidation sites excluding steroid dienone is 1. The van der Waals surface area contributed by atoms with Crippen LogP contribution in [-0.2, 0) is 35.3 Å². The molecule has 1 spiro atoms. The minimum absolute atomic E-state index is 0.0286. The van der Waals surface area contributed by atoms with Crippen LogP contribution in [-0.4, -0.2) is 108 Å². The van der Waals surface area contributed by atoms with Crippen LogP contribution in [0.25, 0.3) is 11.0 Å². The lowest BCUT2D eigenvalue weighted by molar-refractivity contribution is -0.160. The number of esters is 1. The Morgan fingerprint density at radius 3 is 2.76 bits per heavy atom. The van der Waals surface area contributed by atoms with E-state index in [4.69, 9.17) is 9.47 Å². The number of halogens is 1. The summed E-state index contributed by atoms with van der Waals surface area (Å²) < 4.78 is 13.9. The zero-order valence-corrected chi connectivity index (χ0v) is 27.0. The Morgan fingerprint density at radius 1 is 1.29 bits per heavy atom. The van der Waals surface area contributed by atoms with Gasteiger partial charge in [0.25, 0.3) is 0 Å². The highest BCUT2D eigenvalue weighted by atomic mass is 79.9. The molecule has 2 N–H and O–H groups in total. The Hall–Kier alpha value is -3.62. The normalized spacial score (nSPS) is 28.0. The number of carbonyl (C=O) groups is 4. The molecule has 5 rings (SSSR count). The number of para-hydroxylation sites is 1. The van der Waals surface area contributed by atoms with Crippen LogP contribution in [0.2, 0.25) is 0 Å². The summed E-state index contributed by atoms with van der Waals surface area (Å²) in [7, 11) is 0. The minimum atomic E-state index is -1.34. The number of likely N-dealkylation sites (tertiary alicyclic amines) is 1. The van der Waals surface area contributed by atoms with Gasteiger partial charge in [0.15, 0.2) is 0 Å². The Morgan fingerprint density at radius 2 is 2.04 bits per heavy atom. The fourth-order valence-electron chi connectivity index (χ4n) is 6.81. The summed E-state index contributed by atoms with van der Waals surface area (Å²) in [6.45, 7) is 10.6. The topological polar surface area (TPSA) is 156 Å². The van der Waals surface area contributed by atoms with Crippen molar-refractivity contribution in [2.45, 2.75) is 74.5 Å². The van der Waals surface area contributed by atoms with Crippen LogP contribution in [0.1, 0.15) is 33.1 Å². The van der Waals surface area contributed by atoms with E-state index in [2.05, 4.69) is 44.7 Å². The van der Waals surface area contributed by atoms with E-state index < -0.39 is 66.1 Å². The Kier molecular flexibility index (Phi) is 9.75. The number of amides is 3. The van der Waals surface area contributed by atoms with Gasteiger partial charge in [0.05, 0.1) is 42.6 Å². The van der Waals surface area contributed by atoms with Crippen LogP contribution < -0.4 is 5.32 Å². The summed E-state index contributed by atoms with van der Waals surface area (Å²) in [5, 5.41) is 21.3. The lowest BCUT2D eigenvalue weighted by Gasteiger charge is -2.38. The molecular formula is C31H39BrN6O7. The van der Waals surface area contributed by atoms with Crippen LogP contribution in [0.3, 0.4) is 0 Å². The van der Waals surface area contributed by atoms with Gasteiger partial charge in [-0.05, 0) is 38.8 Å². The molecule has 2 aromatic rings. The maximum atomic E-state index is 14.6. The van der Waals surface area contributed by atoms with E-state index in [1.54, 1.807) is 30.7 Å². The number of nitrogens with one attached hydrogen (secondary N) is 1. The number of fused-ring (bicyclic) bond motifs is 2. The fraction of sp³-hybridized carbons (Fsp3) is 0.548. The molecule has 1 unspecified atom stereocenters. The van der Waals surface area contributed by atoms with E-state index >= 15 is 0 Å². The molecule has 13 nitrogen and oxygen atoms in total. The smallest absolute Gasteiger partial charge is 0.312 e. The number of aliphatic hydroxyl groups is 1. The van der Waals surface area contributed by atoms with E-state index in [1.807, 2.05) is 24.3 Å². The number of hydrogen-bond donors (Lipinski definition) is 2. The van der Waals surface area contributed by atoms with Crippen molar-refractivity contribution in [1.82, 2.24) is 30.1 Å². The molecule has 3 fully saturated rings. The number of aliphatic hydroxyl groups excluding tert-OH is 1. The highest BCUT2D eigenvalue weighted by Gasteiger charge is 2.77. The molecule has 4 heterocycles. The summed E-state index contributed by atoms with van der Waals surface area (Å²) in [5.41, 5.74) is 0.0537. The lowest BCUT2D eigenvalue weighted by atomic mass is 9.70. The Bertz CT molecular complexity index is 1480. The van der Waals surface area contributed by atoms with Gasteiger partial charge in [-0.25, -0.2) is 4.68 Å². The summed E-state index contributed by atoms with van der Waals surface area (Å²) in [6.07, 6.45) is 2.95. The number of nitrogens with zero attached hydrogens (tertiary/aromatic N) is 5. The predicted octanol–water partition coefficient (Wildman–Crippen LogP) is 1.55.